The predicted octanol–water partition coefficient (Wildman–Crippen LogP) is 2.26. The van der Waals surface area contributed by atoms with E-state index >= 15 is 0 Å². The summed E-state index contributed by atoms with van der Waals surface area (Å²) in [7, 11) is 0. The first-order valence-corrected chi connectivity index (χ1v) is 9.64. The molecule has 6 heteroatoms. The van der Waals surface area contributed by atoms with Crippen molar-refractivity contribution in [2.45, 2.75) is 31.7 Å². The fraction of sp³-hybridized carbons (Fsp3) is 0.381. The van der Waals surface area contributed by atoms with Gasteiger partial charge in [-0.05, 0) is 37.1 Å². The topological polar surface area (TPSA) is 71.8 Å². The van der Waals surface area contributed by atoms with E-state index in [4.69, 9.17) is 5.10 Å². The van der Waals surface area contributed by atoms with E-state index in [0.29, 0.717) is 25.4 Å². The average Bonchev–Trinajstić information content (AvgIpc) is 3.35. The van der Waals surface area contributed by atoms with Crippen LogP contribution in [0.4, 0.5) is 0 Å². The van der Waals surface area contributed by atoms with Crippen molar-refractivity contribution >= 4 is 16.9 Å². The molecule has 1 aliphatic rings. The lowest BCUT2D eigenvalue weighted by atomic mass is 10.0. The van der Waals surface area contributed by atoms with Crippen LogP contribution >= 0.6 is 0 Å². The maximum Gasteiger partial charge on any atom is 0.220 e. The van der Waals surface area contributed by atoms with Crippen LogP contribution in [-0.2, 0) is 17.8 Å². The van der Waals surface area contributed by atoms with E-state index in [2.05, 4.69) is 21.7 Å². The Balaban J connectivity index is 1.35. The third-order valence-corrected chi connectivity index (χ3v) is 5.11. The first-order chi connectivity index (χ1) is 13.3. The van der Waals surface area contributed by atoms with Crippen molar-refractivity contribution < 1.29 is 4.79 Å². The van der Waals surface area contributed by atoms with Crippen molar-refractivity contribution in [1.82, 2.24) is 25.4 Å². The summed E-state index contributed by atoms with van der Waals surface area (Å²) in [6.45, 7) is 3.20. The standard InChI is InChI=1S/C21H25N5O/c27-19(9-8-16-5-2-1-3-6-16)23-13-14-26-21-18(7-4-11-24-21)20(25-26)17-10-12-22-15-17/h1-7,11,17,22H,8-10,12-15H2,(H,23,27). The summed E-state index contributed by atoms with van der Waals surface area (Å²) >= 11 is 0. The summed E-state index contributed by atoms with van der Waals surface area (Å²) in [4.78, 5) is 16.6. The van der Waals surface area contributed by atoms with E-state index in [1.165, 1.54) is 5.56 Å². The minimum atomic E-state index is 0.0727. The number of carbonyl (C=O) groups is 1. The second kappa shape index (κ2) is 8.31. The Morgan fingerprint density at radius 2 is 2.11 bits per heavy atom. The van der Waals surface area contributed by atoms with Gasteiger partial charge >= 0.3 is 0 Å². The molecular weight excluding hydrogens is 338 g/mol. The summed E-state index contributed by atoms with van der Waals surface area (Å²) in [5.74, 6) is 0.516. The second-order valence-electron chi connectivity index (χ2n) is 7.01. The number of hydrogen-bond acceptors (Lipinski definition) is 4. The molecule has 1 fully saturated rings. The molecule has 2 N–H and O–H groups in total. The number of nitrogens with one attached hydrogen (secondary N) is 2. The molecule has 4 rings (SSSR count). The highest BCUT2D eigenvalue weighted by Crippen LogP contribution is 2.27. The fourth-order valence-electron chi connectivity index (χ4n) is 3.67. The highest BCUT2D eigenvalue weighted by molar-refractivity contribution is 5.79. The Morgan fingerprint density at radius 3 is 2.93 bits per heavy atom. The number of amides is 1. The van der Waals surface area contributed by atoms with Crippen LogP contribution in [0.1, 0.15) is 30.0 Å². The minimum Gasteiger partial charge on any atom is -0.354 e. The quantitative estimate of drug-likeness (QED) is 0.675. The zero-order chi connectivity index (χ0) is 18.5. The van der Waals surface area contributed by atoms with Crippen LogP contribution in [0, 0.1) is 0 Å². The molecule has 0 aliphatic carbocycles. The number of fused-ring (bicyclic) bond motifs is 1. The van der Waals surface area contributed by atoms with Crippen molar-refractivity contribution in [3.05, 3.63) is 59.9 Å². The zero-order valence-corrected chi connectivity index (χ0v) is 15.4. The molecule has 1 aromatic carbocycles. The van der Waals surface area contributed by atoms with E-state index in [1.807, 2.05) is 41.1 Å². The van der Waals surface area contributed by atoms with Crippen LogP contribution < -0.4 is 10.6 Å². The predicted molar refractivity (Wildman–Crippen MR) is 106 cm³/mol. The fourth-order valence-corrected chi connectivity index (χ4v) is 3.67. The number of aromatic nitrogens is 3. The van der Waals surface area contributed by atoms with Crippen molar-refractivity contribution in [3.8, 4) is 0 Å². The Hall–Kier alpha value is -2.73. The molecule has 2 aromatic heterocycles. The number of rotatable bonds is 7. The van der Waals surface area contributed by atoms with E-state index in [-0.39, 0.29) is 5.91 Å². The Bertz CT molecular complexity index is 899. The van der Waals surface area contributed by atoms with Gasteiger partial charge in [0.15, 0.2) is 5.65 Å². The average molecular weight is 363 g/mol. The lowest BCUT2D eigenvalue weighted by Gasteiger charge is -2.07. The van der Waals surface area contributed by atoms with Gasteiger partial charge in [0.1, 0.15) is 0 Å². The van der Waals surface area contributed by atoms with Gasteiger partial charge in [-0.1, -0.05) is 30.3 Å². The van der Waals surface area contributed by atoms with Gasteiger partial charge in [-0.3, -0.25) is 4.79 Å². The van der Waals surface area contributed by atoms with Gasteiger partial charge in [0.2, 0.25) is 5.91 Å². The minimum absolute atomic E-state index is 0.0727. The number of pyridine rings is 1. The van der Waals surface area contributed by atoms with E-state index < -0.39 is 0 Å². The molecule has 1 saturated heterocycles. The van der Waals surface area contributed by atoms with Crippen LogP contribution in [0.2, 0.25) is 0 Å². The number of aryl methyl sites for hydroxylation is 1. The van der Waals surface area contributed by atoms with Gasteiger partial charge in [0, 0.05) is 37.0 Å². The monoisotopic (exact) mass is 363 g/mol. The molecule has 0 radical (unpaired) electrons. The Labute approximate surface area is 159 Å². The molecule has 140 valence electrons. The van der Waals surface area contributed by atoms with Crippen molar-refractivity contribution in [2.75, 3.05) is 19.6 Å². The normalized spacial score (nSPS) is 16.7. The number of nitrogens with zero attached hydrogens (tertiary/aromatic N) is 3. The van der Waals surface area contributed by atoms with E-state index in [1.54, 1.807) is 6.20 Å². The van der Waals surface area contributed by atoms with Gasteiger partial charge in [0.25, 0.3) is 0 Å². The molecule has 1 unspecified atom stereocenters. The lowest BCUT2D eigenvalue weighted by molar-refractivity contribution is -0.121. The molecule has 1 atom stereocenters. The maximum absolute atomic E-state index is 12.1. The molecule has 1 aliphatic heterocycles. The van der Waals surface area contributed by atoms with Gasteiger partial charge in [0.05, 0.1) is 12.2 Å². The Morgan fingerprint density at radius 1 is 1.22 bits per heavy atom. The molecule has 3 heterocycles. The van der Waals surface area contributed by atoms with Crippen LogP contribution in [0.3, 0.4) is 0 Å². The summed E-state index contributed by atoms with van der Waals surface area (Å²) in [6, 6.07) is 14.1. The number of carbonyl (C=O) groups excluding carboxylic acids is 1. The van der Waals surface area contributed by atoms with Crippen molar-refractivity contribution in [2.24, 2.45) is 0 Å². The highest BCUT2D eigenvalue weighted by atomic mass is 16.1. The lowest BCUT2D eigenvalue weighted by Crippen LogP contribution is -2.27. The number of hydrogen-bond donors (Lipinski definition) is 2. The molecule has 3 aromatic rings. The Kier molecular flexibility index (Phi) is 5.44. The molecule has 1 amide bonds. The third-order valence-electron chi connectivity index (χ3n) is 5.11. The molecular formula is C21H25N5O. The van der Waals surface area contributed by atoms with Crippen LogP contribution in [-0.4, -0.2) is 40.3 Å². The zero-order valence-electron chi connectivity index (χ0n) is 15.4. The second-order valence-corrected chi connectivity index (χ2v) is 7.01. The largest absolute Gasteiger partial charge is 0.354 e. The SMILES string of the molecule is O=C(CCc1ccccc1)NCCn1nc(C2CCNC2)c2cccnc21. The van der Waals surface area contributed by atoms with Crippen LogP contribution in [0.25, 0.3) is 11.0 Å². The van der Waals surface area contributed by atoms with E-state index in [0.717, 1.165) is 42.7 Å². The van der Waals surface area contributed by atoms with Gasteiger partial charge < -0.3 is 10.6 Å². The van der Waals surface area contributed by atoms with Gasteiger partial charge in [-0.25, -0.2) is 9.67 Å². The first-order valence-electron chi connectivity index (χ1n) is 9.64. The molecule has 0 spiro atoms. The maximum atomic E-state index is 12.1. The summed E-state index contributed by atoms with van der Waals surface area (Å²) < 4.78 is 1.93. The smallest absolute Gasteiger partial charge is 0.220 e. The van der Waals surface area contributed by atoms with Gasteiger partial charge in [-0.2, -0.15) is 5.10 Å². The first kappa shape index (κ1) is 17.7. The van der Waals surface area contributed by atoms with Crippen LogP contribution in [0.5, 0.6) is 0 Å². The summed E-state index contributed by atoms with van der Waals surface area (Å²) in [5.41, 5.74) is 3.21. The van der Waals surface area contributed by atoms with Gasteiger partial charge in [-0.15, -0.1) is 0 Å². The molecule has 6 nitrogen and oxygen atoms in total. The highest BCUT2D eigenvalue weighted by Gasteiger charge is 2.23. The summed E-state index contributed by atoms with van der Waals surface area (Å²) in [6.07, 6.45) is 4.17. The van der Waals surface area contributed by atoms with Crippen LogP contribution in [0.15, 0.2) is 48.7 Å². The summed E-state index contributed by atoms with van der Waals surface area (Å²) in [5, 5.41) is 12.4. The van der Waals surface area contributed by atoms with Crippen molar-refractivity contribution in [1.29, 1.82) is 0 Å². The van der Waals surface area contributed by atoms with Crippen molar-refractivity contribution in [3.63, 3.8) is 0 Å². The molecule has 27 heavy (non-hydrogen) atoms. The molecule has 0 bridgehead atoms. The van der Waals surface area contributed by atoms with E-state index in [9.17, 15) is 4.79 Å². The third kappa shape index (κ3) is 4.17. The molecule has 0 saturated carbocycles. The number of benzene rings is 1.